The Kier molecular flexibility index (Phi) is 3.06. The lowest BCUT2D eigenvalue weighted by Crippen LogP contribution is -1.84. The fourth-order valence-electron chi connectivity index (χ4n) is 0.831. The van der Waals surface area contributed by atoms with Gasteiger partial charge in [-0.05, 0) is 30.2 Å². The van der Waals surface area contributed by atoms with E-state index in [0.29, 0.717) is 15.9 Å². The first kappa shape index (κ1) is 9.18. The van der Waals surface area contributed by atoms with Crippen molar-refractivity contribution in [2.45, 2.75) is 12.8 Å². The summed E-state index contributed by atoms with van der Waals surface area (Å²) in [6.07, 6.45) is 0. The molecular weight excluding hydrogens is 202 g/mol. The Labute approximate surface area is 81.1 Å². The zero-order valence-electron chi connectivity index (χ0n) is 6.00. The molecule has 0 aliphatic rings. The first-order chi connectivity index (χ1) is 5.15. The number of hydrogen-bond donors (Lipinski definition) is 0. The van der Waals surface area contributed by atoms with Crippen LogP contribution in [-0.4, -0.2) is 0 Å². The van der Waals surface area contributed by atoms with Gasteiger partial charge in [0.15, 0.2) is 0 Å². The molecule has 0 unspecified atom stereocenters. The van der Waals surface area contributed by atoms with Gasteiger partial charge in [-0.25, -0.2) is 0 Å². The smallest absolute Gasteiger partial charge is 0.0595 e. The molecule has 0 fully saturated rings. The summed E-state index contributed by atoms with van der Waals surface area (Å²) in [5.74, 6) is 0.475. The summed E-state index contributed by atoms with van der Waals surface area (Å²) in [6, 6.07) is 3.62. The van der Waals surface area contributed by atoms with E-state index >= 15 is 0 Å². The van der Waals surface area contributed by atoms with E-state index in [9.17, 15) is 0 Å². The molecule has 0 saturated carbocycles. The topological polar surface area (TPSA) is 0 Å². The van der Waals surface area contributed by atoms with Crippen molar-refractivity contribution in [3.8, 4) is 0 Å². The summed E-state index contributed by atoms with van der Waals surface area (Å²) in [5, 5.41) is 1.14. The van der Waals surface area contributed by atoms with Gasteiger partial charge >= 0.3 is 0 Å². The third kappa shape index (κ3) is 2.02. The van der Waals surface area contributed by atoms with Crippen molar-refractivity contribution in [2.75, 3.05) is 0 Å². The maximum atomic E-state index is 5.77. The van der Waals surface area contributed by atoms with Crippen LogP contribution in [0.25, 0.3) is 0 Å². The molecule has 1 aromatic rings. The van der Waals surface area contributed by atoms with Gasteiger partial charge in [0.1, 0.15) is 0 Å². The number of alkyl halides is 1. The van der Waals surface area contributed by atoms with E-state index in [1.54, 1.807) is 6.07 Å². The summed E-state index contributed by atoms with van der Waals surface area (Å²) in [7, 11) is 0. The second kappa shape index (κ2) is 3.66. The molecule has 0 N–H and O–H groups in total. The van der Waals surface area contributed by atoms with Gasteiger partial charge in [0.2, 0.25) is 0 Å². The molecule has 0 aliphatic carbocycles. The zero-order chi connectivity index (χ0) is 8.43. The van der Waals surface area contributed by atoms with E-state index < -0.39 is 0 Å². The highest BCUT2D eigenvalue weighted by Gasteiger charge is 2.02. The highest BCUT2D eigenvalue weighted by atomic mass is 35.5. The Bertz CT molecular complexity index is 268. The summed E-state index contributed by atoms with van der Waals surface area (Å²) in [6.45, 7) is 1.96. The SMILES string of the molecule is Cc1cc(Cl)c(Cl)cc1CCl. The van der Waals surface area contributed by atoms with Crippen molar-refractivity contribution in [3.63, 3.8) is 0 Å². The van der Waals surface area contributed by atoms with Gasteiger partial charge in [-0.15, -0.1) is 11.6 Å². The molecule has 0 heterocycles. The van der Waals surface area contributed by atoms with Crippen LogP contribution in [0.3, 0.4) is 0 Å². The molecule has 1 aromatic carbocycles. The zero-order valence-corrected chi connectivity index (χ0v) is 8.26. The molecule has 60 valence electrons. The summed E-state index contributed by atoms with van der Waals surface area (Å²) in [4.78, 5) is 0. The maximum Gasteiger partial charge on any atom is 0.0595 e. The van der Waals surface area contributed by atoms with Crippen molar-refractivity contribution in [2.24, 2.45) is 0 Å². The average Bonchev–Trinajstić information content (AvgIpc) is 1.97. The number of aryl methyl sites for hydroxylation is 1. The quantitative estimate of drug-likeness (QED) is 0.613. The Morgan fingerprint density at radius 1 is 1.18 bits per heavy atom. The highest BCUT2D eigenvalue weighted by molar-refractivity contribution is 6.42. The van der Waals surface area contributed by atoms with Crippen molar-refractivity contribution in [1.82, 2.24) is 0 Å². The van der Waals surface area contributed by atoms with Crippen LogP contribution in [0.2, 0.25) is 10.0 Å². The molecular formula is C8H7Cl3. The van der Waals surface area contributed by atoms with Gasteiger partial charge in [0, 0.05) is 5.88 Å². The number of hydrogen-bond acceptors (Lipinski definition) is 0. The molecule has 0 amide bonds. The second-order valence-corrected chi connectivity index (χ2v) is 3.41. The lowest BCUT2D eigenvalue weighted by molar-refractivity contribution is 1.30. The predicted molar refractivity (Wildman–Crippen MR) is 50.8 cm³/mol. The fourth-order valence-corrected chi connectivity index (χ4v) is 1.52. The van der Waals surface area contributed by atoms with Gasteiger partial charge in [0.25, 0.3) is 0 Å². The normalized spacial score (nSPS) is 10.2. The van der Waals surface area contributed by atoms with Crippen LogP contribution in [0.15, 0.2) is 12.1 Å². The Balaban J connectivity index is 3.21. The van der Waals surface area contributed by atoms with Crippen molar-refractivity contribution < 1.29 is 0 Å². The first-order valence-electron chi connectivity index (χ1n) is 3.15. The van der Waals surface area contributed by atoms with E-state index in [0.717, 1.165) is 11.1 Å². The van der Waals surface area contributed by atoms with Gasteiger partial charge in [-0.1, -0.05) is 23.2 Å². The molecule has 0 bridgehead atoms. The van der Waals surface area contributed by atoms with Gasteiger partial charge < -0.3 is 0 Å². The highest BCUT2D eigenvalue weighted by Crippen LogP contribution is 2.26. The third-order valence-electron chi connectivity index (χ3n) is 1.52. The van der Waals surface area contributed by atoms with Crippen LogP contribution < -0.4 is 0 Å². The summed E-state index contributed by atoms with van der Waals surface area (Å²) < 4.78 is 0. The van der Waals surface area contributed by atoms with Gasteiger partial charge in [0.05, 0.1) is 10.0 Å². The van der Waals surface area contributed by atoms with Crippen LogP contribution >= 0.6 is 34.8 Å². The Morgan fingerprint density at radius 2 is 1.73 bits per heavy atom. The van der Waals surface area contributed by atoms with E-state index in [-0.39, 0.29) is 0 Å². The van der Waals surface area contributed by atoms with E-state index in [1.807, 2.05) is 13.0 Å². The minimum absolute atomic E-state index is 0.475. The summed E-state index contributed by atoms with van der Waals surface area (Å²) in [5.41, 5.74) is 2.11. The van der Waals surface area contributed by atoms with Crippen molar-refractivity contribution in [3.05, 3.63) is 33.3 Å². The molecule has 0 radical (unpaired) electrons. The van der Waals surface area contributed by atoms with Gasteiger partial charge in [-0.2, -0.15) is 0 Å². The number of halogens is 3. The standard InChI is InChI=1S/C8H7Cl3/c1-5-2-7(10)8(11)3-6(5)4-9/h2-3H,4H2,1H3. The summed E-state index contributed by atoms with van der Waals surface area (Å²) >= 11 is 17.2. The van der Waals surface area contributed by atoms with Crippen LogP contribution in [0, 0.1) is 6.92 Å². The first-order valence-corrected chi connectivity index (χ1v) is 4.44. The lowest BCUT2D eigenvalue weighted by Gasteiger charge is -2.03. The minimum Gasteiger partial charge on any atom is -0.122 e. The van der Waals surface area contributed by atoms with Crippen LogP contribution in [-0.2, 0) is 5.88 Å². The maximum absolute atomic E-state index is 5.77. The van der Waals surface area contributed by atoms with Gasteiger partial charge in [-0.3, -0.25) is 0 Å². The molecule has 0 aliphatic heterocycles. The van der Waals surface area contributed by atoms with E-state index in [1.165, 1.54) is 0 Å². The molecule has 0 nitrogen and oxygen atoms in total. The largest absolute Gasteiger partial charge is 0.122 e. The second-order valence-electron chi connectivity index (χ2n) is 2.33. The number of benzene rings is 1. The predicted octanol–water partition coefficient (Wildman–Crippen LogP) is 4.04. The molecule has 3 heteroatoms. The molecule has 11 heavy (non-hydrogen) atoms. The van der Waals surface area contributed by atoms with Crippen LogP contribution in [0.4, 0.5) is 0 Å². The molecule has 0 atom stereocenters. The third-order valence-corrected chi connectivity index (χ3v) is 2.53. The van der Waals surface area contributed by atoms with E-state index in [4.69, 9.17) is 34.8 Å². The minimum atomic E-state index is 0.475. The van der Waals surface area contributed by atoms with E-state index in [2.05, 4.69) is 0 Å². The molecule has 0 aromatic heterocycles. The van der Waals surface area contributed by atoms with Crippen molar-refractivity contribution in [1.29, 1.82) is 0 Å². The van der Waals surface area contributed by atoms with Crippen molar-refractivity contribution >= 4 is 34.8 Å². The Hall–Kier alpha value is 0.0900. The molecule has 1 rings (SSSR count). The monoisotopic (exact) mass is 208 g/mol. The van der Waals surface area contributed by atoms with Crippen LogP contribution in [0.1, 0.15) is 11.1 Å². The average molecular weight is 210 g/mol. The Morgan fingerprint density at radius 3 is 2.27 bits per heavy atom. The fraction of sp³-hybridized carbons (Fsp3) is 0.250. The number of rotatable bonds is 1. The molecule has 0 saturated heterocycles. The van der Waals surface area contributed by atoms with Crippen LogP contribution in [0.5, 0.6) is 0 Å². The lowest BCUT2D eigenvalue weighted by atomic mass is 10.1. The molecule has 0 spiro atoms.